The van der Waals surface area contributed by atoms with Crippen molar-refractivity contribution in [2.45, 2.75) is 18.9 Å². The first kappa shape index (κ1) is 18.8. The van der Waals surface area contributed by atoms with Gasteiger partial charge in [0.2, 0.25) is 0 Å². The highest BCUT2D eigenvalue weighted by molar-refractivity contribution is 6.30. The fourth-order valence-electron chi connectivity index (χ4n) is 3.73. The van der Waals surface area contributed by atoms with Gasteiger partial charge in [0.15, 0.2) is 5.65 Å². The highest BCUT2D eigenvalue weighted by Gasteiger charge is 2.27. The number of carbonyl (C=O) groups excluding carboxylic acids is 1. The molecule has 2 aromatic heterocycles. The molecule has 5 rings (SSSR count). The van der Waals surface area contributed by atoms with Gasteiger partial charge in [-0.05, 0) is 49.2 Å². The Balaban J connectivity index is 1.66. The number of hydrogen-bond acceptors (Lipinski definition) is 6. The second-order valence-electron chi connectivity index (χ2n) is 7.19. The molecule has 152 valence electrons. The van der Waals surface area contributed by atoms with Gasteiger partial charge in [-0.2, -0.15) is 0 Å². The number of nitrogens with two attached hydrogens (primary N) is 1. The predicted molar refractivity (Wildman–Crippen MR) is 115 cm³/mol. The molecule has 1 saturated heterocycles. The summed E-state index contributed by atoms with van der Waals surface area (Å²) in [5, 5.41) is 0.599. The Labute approximate surface area is 177 Å². The van der Waals surface area contributed by atoms with Crippen LogP contribution in [0.4, 0.5) is 5.82 Å². The Hall–Kier alpha value is -3.16. The summed E-state index contributed by atoms with van der Waals surface area (Å²) < 4.78 is 12.8. The van der Waals surface area contributed by atoms with Gasteiger partial charge in [0, 0.05) is 17.3 Å². The van der Waals surface area contributed by atoms with E-state index in [1.165, 1.54) is 0 Å². The molecule has 3 heterocycles. The molecule has 8 heteroatoms. The normalized spacial score (nSPS) is 16.4. The smallest absolute Gasteiger partial charge is 0.344 e. The lowest BCUT2D eigenvalue weighted by Gasteiger charge is -2.10. The van der Waals surface area contributed by atoms with Crippen LogP contribution in [0.3, 0.4) is 0 Å². The predicted octanol–water partition coefficient (Wildman–Crippen LogP) is 4.15. The first-order chi connectivity index (χ1) is 14.6. The monoisotopic (exact) mass is 422 g/mol. The lowest BCUT2D eigenvalue weighted by atomic mass is 10.2. The maximum Gasteiger partial charge on any atom is 0.344 e. The Morgan fingerprint density at radius 2 is 1.90 bits per heavy atom. The summed E-state index contributed by atoms with van der Waals surface area (Å²) in [6, 6.07) is 14.6. The summed E-state index contributed by atoms with van der Waals surface area (Å²) >= 11 is 6.04. The Morgan fingerprint density at radius 1 is 1.17 bits per heavy atom. The number of carbonyl (C=O) groups is 1. The number of halogens is 1. The molecule has 30 heavy (non-hydrogen) atoms. The fourth-order valence-corrected chi connectivity index (χ4v) is 3.86. The molecule has 7 nitrogen and oxygen atoms in total. The lowest BCUT2D eigenvalue weighted by molar-refractivity contribution is 0.0163. The largest absolute Gasteiger partial charge is 0.459 e. The molecule has 2 aromatic carbocycles. The number of fused-ring (bicyclic) bond motifs is 2. The van der Waals surface area contributed by atoms with E-state index in [9.17, 15) is 4.79 Å². The number of hydrogen-bond donors (Lipinski definition) is 1. The van der Waals surface area contributed by atoms with Gasteiger partial charge in [0.1, 0.15) is 23.5 Å². The van der Waals surface area contributed by atoms with Gasteiger partial charge in [-0.15, -0.1) is 0 Å². The van der Waals surface area contributed by atoms with Crippen molar-refractivity contribution in [1.82, 2.24) is 14.5 Å². The van der Waals surface area contributed by atoms with Gasteiger partial charge >= 0.3 is 5.97 Å². The topological polar surface area (TPSA) is 92.3 Å². The maximum absolute atomic E-state index is 13.0. The van der Waals surface area contributed by atoms with E-state index < -0.39 is 5.97 Å². The van der Waals surface area contributed by atoms with E-state index in [2.05, 4.69) is 4.98 Å². The quantitative estimate of drug-likeness (QED) is 0.497. The molecule has 0 amide bonds. The van der Waals surface area contributed by atoms with Crippen LogP contribution in [-0.2, 0) is 9.47 Å². The highest BCUT2D eigenvalue weighted by Crippen LogP contribution is 2.32. The molecule has 0 saturated carbocycles. The third-order valence-corrected chi connectivity index (χ3v) is 5.46. The van der Waals surface area contributed by atoms with Gasteiger partial charge in [-0.25, -0.2) is 14.8 Å². The van der Waals surface area contributed by atoms with Crippen molar-refractivity contribution >= 4 is 45.6 Å². The number of benzene rings is 2. The minimum atomic E-state index is -0.537. The molecule has 0 aliphatic carbocycles. The van der Waals surface area contributed by atoms with Crippen molar-refractivity contribution in [2.75, 3.05) is 18.9 Å². The number of nitrogen functional groups attached to an aromatic ring is 1. The van der Waals surface area contributed by atoms with Gasteiger partial charge in [-0.3, -0.25) is 4.57 Å². The average molecular weight is 423 g/mol. The van der Waals surface area contributed by atoms with Crippen LogP contribution in [0.15, 0.2) is 48.5 Å². The SMILES string of the molecule is Nc1c(C(=O)OC[C@@H]2CCCO2)c2nc3ccccc3nc2n1-c1ccc(Cl)cc1. The van der Waals surface area contributed by atoms with Crippen molar-refractivity contribution in [1.29, 1.82) is 0 Å². The van der Waals surface area contributed by atoms with Crippen LogP contribution in [0.5, 0.6) is 0 Å². The van der Waals surface area contributed by atoms with Crippen LogP contribution < -0.4 is 5.73 Å². The van der Waals surface area contributed by atoms with Crippen molar-refractivity contribution < 1.29 is 14.3 Å². The van der Waals surface area contributed by atoms with Crippen LogP contribution >= 0.6 is 11.6 Å². The second-order valence-corrected chi connectivity index (χ2v) is 7.63. The number of nitrogens with zero attached hydrogens (tertiary/aromatic N) is 3. The summed E-state index contributed by atoms with van der Waals surface area (Å²) in [5.41, 5.74) is 9.65. The van der Waals surface area contributed by atoms with Crippen LogP contribution in [0.25, 0.3) is 27.9 Å². The molecule has 2 N–H and O–H groups in total. The standard InChI is InChI=1S/C22H19ClN4O3/c23-13-7-9-14(10-8-13)27-20(24)18(22(28)30-12-15-4-3-11-29-15)19-21(27)26-17-6-2-1-5-16(17)25-19/h1-2,5-10,15H,3-4,11-12,24H2/t15-/m0/s1. The summed E-state index contributed by atoms with van der Waals surface area (Å²) in [7, 11) is 0. The third-order valence-electron chi connectivity index (χ3n) is 5.21. The molecular weight excluding hydrogens is 404 g/mol. The molecule has 1 aliphatic heterocycles. The summed E-state index contributed by atoms with van der Waals surface area (Å²) in [6.45, 7) is 0.880. The van der Waals surface area contributed by atoms with Crippen molar-refractivity contribution in [2.24, 2.45) is 0 Å². The maximum atomic E-state index is 13.0. The molecule has 0 spiro atoms. The van der Waals surface area contributed by atoms with Crippen LogP contribution in [0, 0.1) is 0 Å². The first-order valence-corrected chi connectivity index (χ1v) is 10.1. The number of para-hydroxylation sites is 2. The summed E-state index contributed by atoms with van der Waals surface area (Å²) in [6.07, 6.45) is 1.77. The minimum Gasteiger partial charge on any atom is -0.459 e. The first-order valence-electron chi connectivity index (χ1n) is 9.73. The second kappa shape index (κ2) is 7.59. The molecule has 0 radical (unpaired) electrons. The molecule has 1 fully saturated rings. The summed E-state index contributed by atoms with van der Waals surface area (Å²) in [5.74, 6) is -0.315. The van der Waals surface area contributed by atoms with Crippen molar-refractivity contribution in [3.8, 4) is 5.69 Å². The molecule has 1 aliphatic rings. The van der Waals surface area contributed by atoms with Gasteiger partial charge in [0.25, 0.3) is 0 Å². The zero-order chi connectivity index (χ0) is 20.7. The van der Waals surface area contributed by atoms with Crippen LogP contribution in [-0.4, -0.2) is 39.8 Å². The highest BCUT2D eigenvalue weighted by atomic mass is 35.5. The number of ether oxygens (including phenoxy) is 2. The zero-order valence-corrected chi connectivity index (χ0v) is 16.8. The van der Waals surface area contributed by atoms with E-state index in [4.69, 9.17) is 31.8 Å². The third kappa shape index (κ3) is 3.26. The number of esters is 1. The van der Waals surface area contributed by atoms with Gasteiger partial charge in [-0.1, -0.05) is 23.7 Å². The van der Waals surface area contributed by atoms with E-state index in [0.717, 1.165) is 18.5 Å². The molecule has 1 atom stereocenters. The van der Waals surface area contributed by atoms with Gasteiger partial charge < -0.3 is 15.2 Å². The van der Waals surface area contributed by atoms with Crippen molar-refractivity contribution in [3.63, 3.8) is 0 Å². The average Bonchev–Trinajstić information content (AvgIpc) is 3.37. The number of anilines is 1. The zero-order valence-electron chi connectivity index (χ0n) is 16.0. The van der Waals surface area contributed by atoms with Crippen molar-refractivity contribution in [3.05, 3.63) is 59.1 Å². The lowest BCUT2D eigenvalue weighted by Crippen LogP contribution is -2.18. The Morgan fingerprint density at radius 3 is 2.60 bits per heavy atom. The summed E-state index contributed by atoms with van der Waals surface area (Å²) in [4.78, 5) is 22.4. The molecule has 4 aromatic rings. The van der Waals surface area contributed by atoms with Crippen LogP contribution in [0.1, 0.15) is 23.2 Å². The fraction of sp³-hybridized carbons (Fsp3) is 0.227. The van der Waals surface area contributed by atoms with E-state index in [-0.39, 0.29) is 24.1 Å². The molecular formula is C22H19ClN4O3. The minimum absolute atomic E-state index is 0.0771. The Kier molecular flexibility index (Phi) is 4.77. The van der Waals surface area contributed by atoms with E-state index in [1.54, 1.807) is 16.7 Å². The number of aromatic nitrogens is 3. The van der Waals surface area contributed by atoms with E-state index in [0.29, 0.717) is 33.8 Å². The van der Waals surface area contributed by atoms with E-state index in [1.807, 2.05) is 36.4 Å². The van der Waals surface area contributed by atoms with Crippen LogP contribution in [0.2, 0.25) is 5.02 Å². The van der Waals surface area contributed by atoms with Gasteiger partial charge in [0.05, 0.1) is 17.1 Å². The van der Waals surface area contributed by atoms with E-state index >= 15 is 0 Å². The molecule has 0 unspecified atom stereocenters. The Bertz CT molecular complexity index is 1250. The molecule has 0 bridgehead atoms. The number of rotatable bonds is 4.